The van der Waals surface area contributed by atoms with E-state index in [4.69, 9.17) is 4.74 Å². The van der Waals surface area contributed by atoms with Gasteiger partial charge in [-0.1, -0.05) is 12.1 Å². The number of benzene rings is 1. The predicted molar refractivity (Wildman–Crippen MR) is 75.9 cm³/mol. The average molecular weight is 289 g/mol. The predicted octanol–water partition coefficient (Wildman–Crippen LogP) is 1.91. The highest BCUT2D eigenvalue weighted by molar-refractivity contribution is 5.95. The van der Waals surface area contributed by atoms with Crippen molar-refractivity contribution in [1.29, 1.82) is 0 Å². The maximum absolute atomic E-state index is 12.7. The van der Waals surface area contributed by atoms with E-state index in [1.54, 1.807) is 18.1 Å². The lowest BCUT2D eigenvalue weighted by Gasteiger charge is -2.23. The monoisotopic (exact) mass is 289 g/mol. The molecule has 0 aliphatic carbocycles. The summed E-state index contributed by atoms with van der Waals surface area (Å²) in [6.45, 7) is 0.464. The molecule has 2 saturated heterocycles. The van der Waals surface area contributed by atoms with Crippen LogP contribution in [0.25, 0.3) is 0 Å². The molecule has 1 aromatic rings. The molecule has 2 aliphatic rings. The molecule has 3 rings (SSSR count). The minimum atomic E-state index is -0.784. The Hall–Kier alpha value is -1.88. The summed E-state index contributed by atoms with van der Waals surface area (Å²) in [5, 5.41) is 9.27. The topological polar surface area (TPSA) is 66.8 Å². The number of rotatable bonds is 4. The third-order valence-corrected chi connectivity index (χ3v) is 4.57. The van der Waals surface area contributed by atoms with Gasteiger partial charge < -0.3 is 14.7 Å². The van der Waals surface area contributed by atoms with Crippen molar-refractivity contribution in [3.8, 4) is 0 Å². The van der Waals surface area contributed by atoms with Gasteiger partial charge in [0, 0.05) is 24.8 Å². The first-order valence-corrected chi connectivity index (χ1v) is 7.25. The van der Waals surface area contributed by atoms with Gasteiger partial charge in [-0.25, -0.2) is 0 Å². The number of ether oxygens (including phenoxy) is 1. The quantitative estimate of drug-likeness (QED) is 0.919. The van der Waals surface area contributed by atoms with Crippen LogP contribution in [0.1, 0.15) is 35.2 Å². The standard InChI is InChI=1S/C16H19NO4/c1-21-9-10-3-2-4-11(7-10)15(18)17-12-5-6-14(17)13(8-12)16(19)20/h2-4,7,12-14H,5-6,8-9H2,1H3,(H,19,20). The van der Waals surface area contributed by atoms with Gasteiger partial charge in [-0.15, -0.1) is 0 Å². The molecule has 2 aliphatic heterocycles. The van der Waals surface area contributed by atoms with E-state index in [0.29, 0.717) is 18.6 Å². The largest absolute Gasteiger partial charge is 0.481 e. The van der Waals surface area contributed by atoms with Crippen LogP contribution < -0.4 is 0 Å². The minimum absolute atomic E-state index is 0.0517. The molecular formula is C16H19NO4. The number of carbonyl (C=O) groups excluding carboxylic acids is 1. The minimum Gasteiger partial charge on any atom is -0.481 e. The second-order valence-corrected chi connectivity index (χ2v) is 5.82. The molecule has 1 aromatic carbocycles. The molecule has 1 N–H and O–H groups in total. The summed E-state index contributed by atoms with van der Waals surface area (Å²) >= 11 is 0. The fourth-order valence-electron chi connectivity index (χ4n) is 3.68. The zero-order chi connectivity index (χ0) is 15.0. The lowest BCUT2D eigenvalue weighted by molar-refractivity contribution is -0.142. The fraction of sp³-hybridized carbons (Fsp3) is 0.500. The van der Waals surface area contributed by atoms with Crippen LogP contribution in [0.15, 0.2) is 24.3 Å². The van der Waals surface area contributed by atoms with E-state index >= 15 is 0 Å². The number of methoxy groups -OCH3 is 1. The highest BCUT2D eigenvalue weighted by Gasteiger charge is 2.51. The van der Waals surface area contributed by atoms with Crippen molar-refractivity contribution >= 4 is 11.9 Å². The van der Waals surface area contributed by atoms with Crippen LogP contribution in [-0.2, 0) is 16.1 Å². The van der Waals surface area contributed by atoms with Gasteiger partial charge in [0.25, 0.3) is 5.91 Å². The smallest absolute Gasteiger partial charge is 0.308 e. The van der Waals surface area contributed by atoms with Gasteiger partial charge in [0.1, 0.15) is 0 Å². The number of hydrogen-bond acceptors (Lipinski definition) is 3. The Morgan fingerprint density at radius 1 is 1.38 bits per heavy atom. The summed E-state index contributed by atoms with van der Waals surface area (Å²) in [6, 6.07) is 7.31. The van der Waals surface area contributed by atoms with Gasteiger partial charge in [-0.3, -0.25) is 9.59 Å². The molecule has 3 atom stereocenters. The molecular weight excluding hydrogens is 270 g/mol. The molecule has 0 radical (unpaired) electrons. The summed E-state index contributed by atoms with van der Waals surface area (Å²) in [5.41, 5.74) is 1.57. The molecule has 112 valence electrons. The van der Waals surface area contributed by atoms with Crippen molar-refractivity contribution in [3.05, 3.63) is 35.4 Å². The highest BCUT2D eigenvalue weighted by Crippen LogP contribution is 2.42. The SMILES string of the molecule is COCc1cccc(C(=O)N2C3CCC2C(C(=O)O)C3)c1. The van der Waals surface area contributed by atoms with Crippen LogP contribution in [0.4, 0.5) is 0 Å². The van der Waals surface area contributed by atoms with Crippen LogP contribution in [0.5, 0.6) is 0 Å². The second kappa shape index (κ2) is 5.48. The first-order chi connectivity index (χ1) is 10.1. The summed E-state index contributed by atoms with van der Waals surface area (Å²) < 4.78 is 5.09. The molecule has 0 spiro atoms. The Kier molecular flexibility index (Phi) is 3.68. The Balaban J connectivity index is 1.83. The van der Waals surface area contributed by atoms with Crippen LogP contribution >= 0.6 is 0 Å². The normalized spacial score (nSPS) is 27.1. The maximum Gasteiger partial charge on any atom is 0.308 e. The van der Waals surface area contributed by atoms with Gasteiger partial charge >= 0.3 is 5.97 Å². The third-order valence-electron chi connectivity index (χ3n) is 4.57. The van der Waals surface area contributed by atoms with E-state index in [1.165, 1.54) is 0 Å². The Morgan fingerprint density at radius 2 is 2.19 bits per heavy atom. The highest BCUT2D eigenvalue weighted by atomic mass is 16.5. The van der Waals surface area contributed by atoms with Gasteiger partial charge in [-0.2, -0.15) is 0 Å². The number of nitrogens with zero attached hydrogens (tertiary/aromatic N) is 1. The number of fused-ring (bicyclic) bond motifs is 2. The van der Waals surface area contributed by atoms with E-state index in [9.17, 15) is 14.7 Å². The molecule has 5 heteroatoms. The molecule has 0 saturated carbocycles. The number of amides is 1. The van der Waals surface area contributed by atoms with Gasteiger partial charge in [0.05, 0.1) is 12.5 Å². The number of carboxylic acids is 1. The molecule has 1 amide bonds. The Bertz CT molecular complexity index is 571. The first kappa shape index (κ1) is 14.1. The second-order valence-electron chi connectivity index (χ2n) is 5.82. The number of carbonyl (C=O) groups is 2. The summed E-state index contributed by atoms with van der Waals surface area (Å²) in [4.78, 5) is 25.8. The Morgan fingerprint density at radius 3 is 2.86 bits per heavy atom. The van der Waals surface area contributed by atoms with Crippen molar-refractivity contribution in [2.45, 2.75) is 38.0 Å². The fourth-order valence-corrected chi connectivity index (χ4v) is 3.68. The number of aliphatic carboxylic acids is 1. The maximum atomic E-state index is 12.7. The van der Waals surface area contributed by atoms with E-state index in [0.717, 1.165) is 18.4 Å². The van der Waals surface area contributed by atoms with Crippen molar-refractivity contribution in [1.82, 2.24) is 4.90 Å². The molecule has 3 unspecified atom stereocenters. The number of hydrogen-bond donors (Lipinski definition) is 1. The summed E-state index contributed by atoms with van der Waals surface area (Å²) in [7, 11) is 1.62. The summed E-state index contributed by atoms with van der Waals surface area (Å²) in [5.74, 6) is -1.24. The van der Waals surface area contributed by atoms with Gasteiger partial charge in [0.15, 0.2) is 0 Å². The first-order valence-electron chi connectivity index (χ1n) is 7.25. The molecule has 5 nitrogen and oxygen atoms in total. The lowest BCUT2D eigenvalue weighted by atomic mass is 9.89. The van der Waals surface area contributed by atoms with Gasteiger partial charge in [-0.05, 0) is 37.0 Å². The van der Waals surface area contributed by atoms with Crippen LogP contribution in [0.3, 0.4) is 0 Å². The van der Waals surface area contributed by atoms with E-state index in [-0.39, 0.29) is 18.0 Å². The van der Waals surface area contributed by atoms with Crippen LogP contribution in [0, 0.1) is 5.92 Å². The lowest BCUT2D eigenvalue weighted by Crippen LogP contribution is -2.37. The summed E-state index contributed by atoms with van der Waals surface area (Å²) in [6.07, 6.45) is 2.30. The van der Waals surface area contributed by atoms with Crippen molar-refractivity contribution < 1.29 is 19.4 Å². The Labute approximate surface area is 123 Å². The molecule has 21 heavy (non-hydrogen) atoms. The van der Waals surface area contributed by atoms with E-state index in [1.807, 2.05) is 18.2 Å². The zero-order valence-electron chi connectivity index (χ0n) is 12.0. The molecule has 2 heterocycles. The van der Waals surface area contributed by atoms with Crippen molar-refractivity contribution in [2.24, 2.45) is 5.92 Å². The zero-order valence-corrected chi connectivity index (χ0v) is 12.0. The van der Waals surface area contributed by atoms with E-state index < -0.39 is 11.9 Å². The van der Waals surface area contributed by atoms with Gasteiger partial charge in [0.2, 0.25) is 0 Å². The third kappa shape index (κ3) is 2.42. The number of carboxylic acid groups (broad SMARTS) is 1. The average Bonchev–Trinajstić information content (AvgIpc) is 3.05. The van der Waals surface area contributed by atoms with Crippen molar-refractivity contribution in [2.75, 3.05) is 7.11 Å². The molecule has 2 fully saturated rings. The van der Waals surface area contributed by atoms with Crippen molar-refractivity contribution in [3.63, 3.8) is 0 Å². The van der Waals surface area contributed by atoms with Crippen LogP contribution in [-0.4, -0.2) is 41.1 Å². The van der Waals surface area contributed by atoms with Crippen LogP contribution in [0.2, 0.25) is 0 Å². The van der Waals surface area contributed by atoms with E-state index in [2.05, 4.69) is 0 Å². The molecule has 2 bridgehead atoms. The molecule has 0 aromatic heterocycles.